The summed E-state index contributed by atoms with van der Waals surface area (Å²) < 4.78 is 25.0. The number of halogens is 1. The number of fused-ring (bicyclic) bond motifs is 3. The van der Waals surface area contributed by atoms with Crippen molar-refractivity contribution in [3.05, 3.63) is 186 Å². The van der Waals surface area contributed by atoms with Gasteiger partial charge in [-0.05, 0) is 85.7 Å². The molecule has 0 amide bonds. The van der Waals surface area contributed by atoms with Gasteiger partial charge in [0, 0.05) is 52.3 Å². The average Bonchev–Trinajstić information content (AvgIpc) is 3.67. The van der Waals surface area contributed by atoms with Crippen molar-refractivity contribution < 1.29 is 9.13 Å². The molecule has 9 rings (SSSR count). The molecule has 0 unspecified atom stereocenters. The lowest BCUT2D eigenvalue weighted by molar-refractivity contribution is 0.482. The fourth-order valence-corrected chi connectivity index (χ4v) is 8.22. The Balaban J connectivity index is 1.10. The molecule has 254 valence electrons. The summed E-state index contributed by atoms with van der Waals surface area (Å²) in [7, 11) is 0. The van der Waals surface area contributed by atoms with Crippen LogP contribution >= 0.6 is 0 Å². The van der Waals surface area contributed by atoms with E-state index in [4.69, 9.17) is 9.84 Å². The Morgan fingerprint density at radius 1 is 0.712 bits per heavy atom. The Bertz CT molecular complexity index is 2600. The summed E-state index contributed by atoms with van der Waals surface area (Å²) in [5, 5.41) is 7.28. The maximum absolute atomic E-state index is 14.4. The molecular weight excluding hydrogens is 644 g/mol. The lowest BCUT2D eigenvalue weighted by Crippen LogP contribution is -2.18. The summed E-state index contributed by atoms with van der Waals surface area (Å²) in [6.45, 7) is 4.33. The van der Waals surface area contributed by atoms with E-state index < -0.39 is 0 Å². The van der Waals surface area contributed by atoms with Crippen molar-refractivity contribution in [3.8, 4) is 23.0 Å². The van der Waals surface area contributed by atoms with Crippen LogP contribution < -0.4 is 4.74 Å². The van der Waals surface area contributed by atoms with Crippen LogP contribution in [0.3, 0.4) is 0 Å². The van der Waals surface area contributed by atoms with Crippen molar-refractivity contribution >= 4 is 27.4 Å². The highest BCUT2D eigenvalue weighted by atomic mass is 19.1. The Hall–Kier alpha value is -6.27. The number of hydrogen-bond donors (Lipinski definition) is 0. The molecule has 0 saturated heterocycles. The highest BCUT2D eigenvalue weighted by Gasteiger charge is 2.35. The molecule has 0 N–H and O–H groups in total. The van der Waals surface area contributed by atoms with Crippen LogP contribution in [-0.2, 0) is 0 Å². The van der Waals surface area contributed by atoms with Crippen molar-refractivity contribution in [2.45, 2.75) is 38.5 Å². The van der Waals surface area contributed by atoms with Gasteiger partial charge in [0.1, 0.15) is 23.1 Å². The average molecular weight is 681 g/mol. The summed E-state index contributed by atoms with van der Waals surface area (Å²) in [6.07, 6.45) is 6.05. The third-order valence-corrected chi connectivity index (χ3v) is 10.5. The zero-order valence-electron chi connectivity index (χ0n) is 29.1. The second-order valence-electron chi connectivity index (χ2n) is 13.6. The first kappa shape index (κ1) is 31.7. The first-order chi connectivity index (χ1) is 25.5. The van der Waals surface area contributed by atoms with Gasteiger partial charge >= 0.3 is 0 Å². The Labute approximate surface area is 302 Å². The smallest absolute Gasteiger partial charge is 0.140 e. The van der Waals surface area contributed by atoms with Crippen LogP contribution in [-0.4, -0.2) is 19.3 Å². The van der Waals surface area contributed by atoms with Crippen LogP contribution in [0.25, 0.3) is 38.9 Å². The van der Waals surface area contributed by atoms with E-state index in [2.05, 4.69) is 108 Å². The molecule has 0 radical (unpaired) electrons. The van der Waals surface area contributed by atoms with Crippen LogP contribution in [0, 0.1) is 19.7 Å². The number of ether oxygens (including phenoxy) is 1. The summed E-state index contributed by atoms with van der Waals surface area (Å²) in [5.74, 6) is 2.05. The predicted octanol–water partition coefficient (Wildman–Crippen LogP) is 11.7. The van der Waals surface area contributed by atoms with E-state index in [1.165, 1.54) is 40.6 Å². The fourth-order valence-electron chi connectivity index (χ4n) is 8.22. The van der Waals surface area contributed by atoms with Crippen molar-refractivity contribution in [2.75, 3.05) is 0 Å². The quantitative estimate of drug-likeness (QED) is 0.168. The van der Waals surface area contributed by atoms with Crippen LogP contribution in [0.2, 0.25) is 0 Å². The van der Waals surface area contributed by atoms with Gasteiger partial charge < -0.3 is 4.74 Å². The first-order valence-electron chi connectivity index (χ1n) is 17.8. The van der Waals surface area contributed by atoms with Gasteiger partial charge in [-0.2, -0.15) is 5.10 Å². The fraction of sp³-hybridized carbons (Fsp3) is 0.130. The van der Waals surface area contributed by atoms with Crippen LogP contribution in [0.4, 0.5) is 4.39 Å². The summed E-state index contributed by atoms with van der Waals surface area (Å²) in [5.41, 5.74) is 10.2. The minimum absolute atomic E-state index is 0.165. The van der Waals surface area contributed by atoms with Crippen molar-refractivity contribution in [3.63, 3.8) is 0 Å². The van der Waals surface area contributed by atoms with Gasteiger partial charge in [-0.25, -0.2) is 14.1 Å². The maximum atomic E-state index is 14.4. The van der Waals surface area contributed by atoms with E-state index in [9.17, 15) is 4.39 Å². The van der Waals surface area contributed by atoms with Gasteiger partial charge in [-0.15, -0.1) is 0 Å². The number of nitrogens with zero attached hydrogens (tertiary/aromatic N) is 4. The van der Waals surface area contributed by atoms with E-state index in [1.54, 1.807) is 0 Å². The number of benzene rings is 5. The van der Waals surface area contributed by atoms with Crippen molar-refractivity contribution in [2.24, 2.45) is 0 Å². The van der Waals surface area contributed by atoms with Crippen LogP contribution in [0.5, 0.6) is 11.5 Å². The van der Waals surface area contributed by atoms with Crippen LogP contribution in [0.15, 0.2) is 152 Å². The molecule has 8 aromatic rings. The highest BCUT2D eigenvalue weighted by molar-refractivity contribution is 6.09. The summed E-state index contributed by atoms with van der Waals surface area (Å²) >= 11 is 0. The SMILES string of the molecule is Cc1nn(-c2cccc(Oc3ccc4c5ccccc5n(-c5cc(F)ccn5)c4c3)c2)c(C)c1[C@@H]1C(c2ccccc2)=CCC[C@@H]1c1ccccc1. The molecule has 0 aliphatic heterocycles. The van der Waals surface area contributed by atoms with Gasteiger partial charge in [0.15, 0.2) is 0 Å². The second kappa shape index (κ2) is 13.1. The molecule has 2 atom stereocenters. The third-order valence-electron chi connectivity index (χ3n) is 10.5. The van der Waals surface area contributed by atoms with Gasteiger partial charge in [0.05, 0.1) is 22.4 Å². The minimum atomic E-state index is -0.334. The van der Waals surface area contributed by atoms with E-state index >= 15 is 0 Å². The maximum Gasteiger partial charge on any atom is 0.140 e. The number of hydrogen-bond acceptors (Lipinski definition) is 3. The van der Waals surface area contributed by atoms with Gasteiger partial charge in [0.2, 0.25) is 0 Å². The molecule has 3 heterocycles. The Morgan fingerprint density at radius 2 is 1.46 bits per heavy atom. The normalized spacial score (nSPS) is 15.9. The molecule has 5 nitrogen and oxygen atoms in total. The topological polar surface area (TPSA) is 44.9 Å². The molecule has 6 heteroatoms. The molecule has 5 aromatic carbocycles. The zero-order chi connectivity index (χ0) is 35.2. The summed E-state index contributed by atoms with van der Waals surface area (Å²) in [6, 6.07) is 46.8. The summed E-state index contributed by atoms with van der Waals surface area (Å²) in [4.78, 5) is 4.50. The van der Waals surface area contributed by atoms with E-state index in [0.717, 1.165) is 51.7 Å². The predicted molar refractivity (Wildman–Crippen MR) is 207 cm³/mol. The standard InChI is InChI=1S/C46H37FN4O/c1-30-45(46-38(32-13-5-3-6-14-32)20-12-21-39(46)33-15-7-4-8-16-33)31(2)51(49-30)35-17-11-18-36(28-35)52-37-23-24-41-40-19-9-10-22-42(40)50(43(41)29-37)44-27-34(47)25-26-48-44/h3-11,13-20,22-29,39,46H,12,21H2,1-2H3/t39-,46-/m1/s1. The van der Waals surface area contributed by atoms with Crippen molar-refractivity contribution in [1.29, 1.82) is 0 Å². The number of aryl methyl sites for hydroxylation is 1. The molecule has 3 aromatic heterocycles. The number of para-hydroxylation sites is 1. The van der Waals surface area contributed by atoms with E-state index in [1.807, 2.05) is 53.1 Å². The Morgan fingerprint density at radius 3 is 2.29 bits per heavy atom. The molecule has 0 spiro atoms. The Kier molecular flexibility index (Phi) is 8.00. The second-order valence-corrected chi connectivity index (χ2v) is 13.6. The lowest BCUT2D eigenvalue weighted by atomic mass is 9.69. The molecule has 0 fully saturated rings. The molecular formula is C46H37FN4O. The molecule has 0 bridgehead atoms. The lowest BCUT2D eigenvalue weighted by Gasteiger charge is -2.34. The molecule has 52 heavy (non-hydrogen) atoms. The van der Waals surface area contributed by atoms with Gasteiger partial charge in [-0.3, -0.25) is 4.57 Å². The first-order valence-corrected chi connectivity index (χ1v) is 17.8. The van der Waals surface area contributed by atoms with E-state index in [-0.39, 0.29) is 11.7 Å². The number of allylic oxidation sites excluding steroid dienone is 2. The third kappa shape index (κ3) is 5.57. The van der Waals surface area contributed by atoms with Crippen molar-refractivity contribution in [1.82, 2.24) is 19.3 Å². The largest absolute Gasteiger partial charge is 0.457 e. The minimum Gasteiger partial charge on any atom is -0.457 e. The number of pyridine rings is 1. The van der Waals surface area contributed by atoms with Gasteiger partial charge in [-0.1, -0.05) is 91.0 Å². The molecule has 0 saturated carbocycles. The monoisotopic (exact) mass is 680 g/mol. The highest BCUT2D eigenvalue weighted by Crippen LogP contribution is 2.50. The number of aromatic nitrogens is 4. The zero-order valence-corrected chi connectivity index (χ0v) is 29.1. The van der Waals surface area contributed by atoms with E-state index in [0.29, 0.717) is 23.2 Å². The molecule has 1 aliphatic rings. The molecule has 1 aliphatic carbocycles. The van der Waals surface area contributed by atoms with Gasteiger partial charge in [0.25, 0.3) is 0 Å². The number of rotatable bonds is 7. The van der Waals surface area contributed by atoms with Crippen LogP contribution in [0.1, 0.15) is 52.8 Å².